The van der Waals surface area contributed by atoms with Gasteiger partial charge in [0.05, 0.1) is 12.2 Å². The predicted molar refractivity (Wildman–Crippen MR) is 98.3 cm³/mol. The maximum atomic E-state index is 12.2. The first kappa shape index (κ1) is 20.2. The Balaban J connectivity index is 1.84. The first-order valence-corrected chi connectivity index (χ1v) is 8.54. The number of nitrogens with one attached hydrogen (secondary N) is 1. The van der Waals surface area contributed by atoms with Crippen LogP contribution in [0.15, 0.2) is 28.8 Å². The highest BCUT2D eigenvalue weighted by atomic mass is 16.5. The molecule has 0 bridgehead atoms. The number of nitrogens with zero attached hydrogens (tertiary/aromatic N) is 2. The number of likely N-dealkylation sites (N-methyl/N-ethyl adjacent to an activating group) is 1. The first-order chi connectivity index (χ1) is 12.8. The lowest BCUT2D eigenvalue weighted by Gasteiger charge is -2.16. The second kappa shape index (κ2) is 8.98. The van der Waals surface area contributed by atoms with Crippen molar-refractivity contribution in [2.45, 2.75) is 27.2 Å². The zero-order chi connectivity index (χ0) is 20.0. The van der Waals surface area contributed by atoms with Crippen molar-refractivity contribution in [1.29, 1.82) is 0 Å². The summed E-state index contributed by atoms with van der Waals surface area (Å²) in [6, 6.07) is 7.31. The van der Waals surface area contributed by atoms with Crippen LogP contribution in [0.1, 0.15) is 34.3 Å². The maximum Gasteiger partial charge on any atom is 0.344 e. The maximum absolute atomic E-state index is 12.2. The Morgan fingerprint density at radius 3 is 2.48 bits per heavy atom. The second-order valence-electron chi connectivity index (χ2n) is 6.15. The minimum atomic E-state index is -0.670. The van der Waals surface area contributed by atoms with E-state index in [0.717, 1.165) is 5.56 Å². The van der Waals surface area contributed by atoms with Crippen LogP contribution in [0.5, 0.6) is 0 Å². The molecule has 1 heterocycles. The number of ether oxygens (including phenoxy) is 1. The summed E-state index contributed by atoms with van der Waals surface area (Å²) in [6.07, 6.45) is 0.509. The Labute approximate surface area is 157 Å². The standard InChI is InChI=1S/C19H23N3O5/c1-5-15-18(13(3)27-21-15)19(25)26-11-17(24)22(4)10-16(23)20-14-8-6-12(2)7-9-14/h6-9H,5,10-11H2,1-4H3,(H,20,23). The van der Waals surface area contributed by atoms with Gasteiger partial charge in [-0.1, -0.05) is 29.8 Å². The van der Waals surface area contributed by atoms with Crippen LogP contribution in [0.2, 0.25) is 0 Å². The van der Waals surface area contributed by atoms with Crippen LogP contribution in [0.3, 0.4) is 0 Å². The van der Waals surface area contributed by atoms with E-state index in [1.165, 1.54) is 11.9 Å². The van der Waals surface area contributed by atoms with Gasteiger partial charge in [0.2, 0.25) is 5.91 Å². The van der Waals surface area contributed by atoms with E-state index >= 15 is 0 Å². The number of carbonyl (C=O) groups is 3. The van der Waals surface area contributed by atoms with Crippen LogP contribution in [0, 0.1) is 13.8 Å². The summed E-state index contributed by atoms with van der Waals surface area (Å²) in [5.41, 5.74) is 2.45. The molecule has 27 heavy (non-hydrogen) atoms. The Hall–Kier alpha value is -3.16. The van der Waals surface area contributed by atoms with E-state index in [4.69, 9.17) is 9.26 Å². The van der Waals surface area contributed by atoms with Gasteiger partial charge in [-0.05, 0) is 32.4 Å². The third-order valence-corrected chi connectivity index (χ3v) is 3.94. The second-order valence-corrected chi connectivity index (χ2v) is 6.15. The van der Waals surface area contributed by atoms with Gasteiger partial charge in [0.25, 0.3) is 5.91 Å². The Kier molecular flexibility index (Phi) is 6.70. The molecule has 0 aliphatic heterocycles. The smallest absolute Gasteiger partial charge is 0.344 e. The van der Waals surface area contributed by atoms with Gasteiger partial charge in [0, 0.05) is 12.7 Å². The number of aromatic nitrogens is 1. The van der Waals surface area contributed by atoms with Crippen LogP contribution in [-0.2, 0) is 20.7 Å². The summed E-state index contributed by atoms with van der Waals surface area (Å²) in [6.45, 7) is 4.76. The molecule has 2 aromatic rings. The summed E-state index contributed by atoms with van der Waals surface area (Å²) in [5.74, 6) is -1.16. The number of benzene rings is 1. The highest BCUT2D eigenvalue weighted by Gasteiger charge is 2.22. The van der Waals surface area contributed by atoms with Gasteiger partial charge in [-0.25, -0.2) is 4.79 Å². The van der Waals surface area contributed by atoms with E-state index in [1.54, 1.807) is 19.1 Å². The monoisotopic (exact) mass is 373 g/mol. The molecule has 1 N–H and O–H groups in total. The zero-order valence-corrected chi connectivity index (χ0v) is 15.9. The van der Waals surface area contributed by atoms with E-state index < -0.39 is 18.5 Å². The predicted octanol–water partition coefficient (Wildman–Crippen LogP) is 2.11. The lowest BCUT2D eigenvalue weighted by Crippen LogP contribution is -2.37. The molecule has 0 saturated carbocycles. The number of anilines is 1. The van der Waals surface area contributed by atoms with Gasteiger partial charge < -0.3 is 19.5 Å². The van der Waals surface area contributed by atoms with Crippen LogP contribution in [-0.4, -0.2) is 48.0 Å². The Morgan fingerprint density at radius 2 is 1.85 bits per heavy atom. The van der Waals surface area contributed by atoms with Crippen molar-refractivity contribution in [3.05, 3.63) is 46.8 Å². The number of rotatable bonds is 7. The van der Waals surface area contributed by atoms with Crippen molar-refractivity contribution in [3.8, 4) is 0 Å². The van der Waals surface area contributed by atoms with Gasteiger partial charge >= 0.3 is 5.97 Å². The lowest BCUT2D eigenvalue weighted by atomic mass is 10.1. The Bertz CT molecular complexity index is 826. The molecule has 0 fully saturated rings. The third-order valence-electron chi connectivity index (χ3n) is 3.94. The molecule has 1 aromatic carbocycles. The first-order valence-electron chi connectivity index (χ1n) is 8.54. The minimum Gasteiger partial charge on any atom is -0.452 e. The molecular weight excluding hydrogens is 350 g/mol. The quantitative estimate of drug-likeness (QED) is 0.746. The molecular formula is C19H23N3O5. The van der Waals surface area contributed by atoms with E-state index in [-0.39, 0.29) is 18.0 Å². The van der Waals surface area contributed by atoms with E-state index in [1.807, 2.05) is 26.0 Å². The number of amides is 2. The molecule has 2 rings (SSSR count). The summed E-state index contributed by atoms with van der Waals surface area (Å²) < 4.78 is 10.0. The van der Waals surface area contributed by atoms with Gasteiger partial charge in [0.15, 0.2) is 6.61 Å². The van der Waals surface area contributed by atoms with Crippen LogP contribution in [0.25, 0.3) is 0 Å². The zero-order valence-electron chi connectivity index (χ0n) is 15.9. The number of aryl methyl sites for hydroxylation is 3. The molecule has 0 saturated heterocycles. The summed E-state index contributed by atoms with van der Waals surface area (Å²) in [5, 5.41) is 6.48. The van der Waals surface area contributed by atoms with Crippen molar-refractivity contribution in [2.24, 2.45) is 0 Å². The molecule has 8 heteroatoms. The van der Waals surface area contributed by atoms with Crippen LogP contribution in [0.4, 0.5) is 5.69 Å². The van der Waals surface area contributed by atoms with Crippen molar-refractivity contribution >= 4 is 23.5 Å². The van der Waals surface area contributed by atoms with Crippen molar-refractivity contribution < 1.29 is 23.6 Å². The molecule has 0 spiro atoms. The molecule has 0 radical (unpaired) electrons. The average molecular weight is 373 g/mol. The Morgan fingerprint density at radius 1 is 1.19 bits per heavy atom. The molecule has 1 aromatic heterocycles. The van der Waals surface area contributed by atoms with Crippen LogP contribution >= 0.6 is 0 Å². The van der Waals surface area contributed by atoms with Crippen molar-refractivity contribution in [3.63, 3.8) is 0 Å². The minimum absolute atomic E-state index is 0.156. The summed E-state index contributed by atoms with van der Waals surface area (Å²) in [7, 11) is 1.47. The fourth-order valence-electron chi connectivity index (χ4n) is 2.37. The van der Waals surface area contributed by atoms with E-state index in [2.05, 4.69) is 10.5 Å². The number of esters is 1. The number of carbonyl (C=O) groups excluding carboxylic acids is 3. The molecule has 2 amide bonds. The lowest BCUT2D eigenvalue weighted by molar-refractivity contribution is -0.136. The molecule has 8 nitrogen and oxygen atoms in total. The van der Waals surface area contributed by atoms with Gasteiger partial charge in [-0.3, -0.25) is 9.59 Å². The fourth-order valence-corrected chi connectivity index (χ4v) is 2.37. The SMILES string of the molecule is CCc1noc(C)c1C(=O)OCC(=O)N(C)CC(=O)Nc1ccc(C)cc1. The highest BCUT2D eigenvalue weighted by Crippen LogP contribution is 2.15. The van der Waals surface area contributed by atoms with Crippen molar-refractivity contribution in [1.82, 2.24) is 10.1 Å². The number of hydrogen-bond acceptors (Lipinski definition) is 6. The van der Waals surface area contributed by atoms with Crippen molar-refractivity contribution in [2.75, 3.05) is 25.5 Å². The molecule has 0 atom stereocenters. The van der Waals surface area contributed by atoms with Crippen LogP contribution < -0.4 is 5.32 Å². The average Bonchev–Trinajstić information content (AvgIpc) is 3.01. The molecule has 0 aliphatic rings. The van der Waals surface area contributed by atoms with Gasteiger partial charge in [0.1, 0.15) is 11.3 Å². The highest BCUT2D eigenvalue weighted by molar-refractivity contribution is 5.96. The van der Waals surface area contributed by atoms with E-state index in [0.29, 0.717) is 23.6 Å². The third kappa shape index (κ3) is 5.40. The normalized spacial score (nSPS) is 10.4. The van der Waals surface area contributed by atoms with Gasteiger partial charge in [-0.2, -0.15) is 0 Å². The summed E-state index contributed by atoms with van der Waals surface area (Å²) >= 11 is 0. The van der Waals surface area contributed by atoms with Gasteiger partial charge in [-0.15, -0.1) is 0 Å². The molecule has 144 valence electrons. The summed E-state index contributed by atoms with van der Waals surface area (Å²) in [4.78, 5) is 37.5. The molecule has 0 aliphatic carbocycles. The molecule has 0 unspecified atom stereocenters. The largest absolute Gasteiger partial charge is 0.452 e. The number of hydrogen-bond donors (Lipinski definition) is 1. The topological polar surface area (TPSA) is 102 Å². The van der Waals surface area contributed by atoms with E-state index in [9.17, 15) is 14.4 Å². The fraction of sp³-hybridized carbons (Fsp3) is 0.368.